The van der Waals surface area contributed by atoms with Crippen LogP contribution in [-0.4, -0.2) is 61.0 Å². The van der Waals surface area contributed by atoms with Crippen LogP contribution in [0.3, 0.4) is 0 Å². The largest absolute Gasteiger partial charge is 0.385 e. The standard InChI is InChI=1S/C20H34N6OS/c1-16-9-4-7-13-26(16)18-15-17(25-11-5-3-6-12-25)22-19(23-18)24-20(28)21-10-8-14-27-2/h15-16H,3-14H2,1-2H3,(H2,21,22,23,24,28)/t16-/m0/s1. The second kappa shape index (κ2) is 10.8. The third kappa shape index (κ3) is 5.91. The first-order valence-corrected chi connectivity index (χ1v) is 11.0. The summed E-state index contributed by atoms with van der Waals surface area (Å²) in [5.41, 5.74) is 0. The van der Waals surface area contributed by atoms with Crippen LogP contribution in [-0.2, 0) is 4.74 Å². The summed E-state index contributed by atoms with van der Waals surface area (Å²) in [6.45, 7) is 6.94. The average Bonchev–Trinajstić information content (AvgIpc) is 2.72. The molecule has 1 aromatic rings. The molecule has 1 aromatic heterocycles. The van der Waals surface area contributed by atoms with Crippen molar-refractivity contribution in [2.24, 2.45) is 0 Å². The van der Waals surface area contributed by atoms with Crippen molar-refractivity contribution < 1.29 is 4.74 Å². The van der Waals surface area contributed by atoms with Crippen molar-refractivity contribution in [3.05, 3.63) is 6.07 Å². The third-order valence-corrected chi connectivity index (χ3v) is 5.76. The van der Waals surface area contributed by atoms with Gasteiger partial charge in [-0.15, -0.1) is 0 Å². The molecule has 1 atom stereocenters. The Morgan fingerprint density at radius 1 is 1.14 bits per heavy atom. The topological polar surface area (TPSA) is 65.6 Å². The van der Waals surface area contributed by atoms with Crippen LogP contribution in [0.4, 0.5) is 17.6 Å². The van der Waals surface area contributed by atoms with Crippen molar-refractivity contribution in [2.75, 3.05) is 55.0 Å². The number of rotatable bonds is 7. The highest BCUT2D eigenvalue weighted by molar-refractivity contribution is 7.80. The Hall–Kier alpha value is -1.67. The van der Waals surface area contributed by atoms with Gasteiger partial charge in [0.05, 0.1) is 0 Å². The fourth-order valence-electron chi connectivity index (χ4n) is 3.91. The Kier molecular flexibility index (Phi) is 8.09. The number of nitrogens with one attached hydrogen (secondary N) is 2. The van der Waals surface area contributed by atoms with E-state index in [1.54, 1.807) is 7.11 Å². The summed E-state index contributed by atoms with van der Waals surface area (Å²) in [6, 6.07) is 2.66. The van der Waals surface area contributed by atoms with Crippen molar-refractivity contribution in [3.8, 4) is 0 Å². The highest BCUT2D eigenvalue weighted by Gasteiger charge is 2.23. The van der Waals surface area contributed by atoms with Crippen molar-refractivity contribution >= 4 is 34.9 Å². The predicted molar refractivity (Wildman–Crippen MR) is 119 cm³/mol. The molecular formula is C20H34N6OS. The number of piperidine rings is 2. The molecule has 0 spiro atoms. The zero-order valence-electron chi connectivity index (χ0n) is 17.2. The number of nitrogens with zero attached hydrogens (tertiary/aromatic N) is 4. The van der Waals surface area contributed by atoms with E-state index in [-0.39, 0.29) is 0 Å². The smallest absolute Gasteiger partial charge is 0.232 e. The van der Waals surface area contributed by atoms with E-state index >= 15 is 0 Å². The van der Waals surface area contributed by atoms with E-state index in [0.29, 0.717) is 23.7 Å². The summed E-state index contributed by atoms with van der Waals surface area (Å²) in [4.78, 5) is 14.4. The fourth-order valence-corrected chi connectivity index (χ4v) is 4.11. The number of anilines is 3. The van der Waals surface area contributed by atoms with Gasteiger partial charge in [-0.3, -0.25) is 0 Å². The first kappa shape index (κ1) is 21.0. The minimum absolute atomic E-state index is 0.504. The molecular weight excluding hydrogens is 372 g/mol. The van der Waals surface area contributed by atoms with Crippen LogP contribution in [0, 0.1) is 0 Å². The van der Waals surface area contributed by atoms with Crippen molar-refractivity contribution in [1.29, 1.82) is 0 Å². The van der Waals surface area contributed by atoms with Gasteiger partial charge in [-0.1, -0.05) is 0 Å². The van der Waals surface area contributed by atoms with Crippen LogP contribution < -0.4 is 20.4 Å². The Bertz CT molecular complexity index is 637. The quantitative estimate of drug-likeness (QED) is 0.529. The highest BCUT2D eigenvalue weighted by atomic mass is 32.1. The molecule has 0 aliphatic carbocycles. The third-order valence-electron chi connectivity index (χ3n) is 5.51. The van der Waals surface area contributed by atoms with Crippen molar-refractivity contribution in [2.45, 2.75) is 57.9 Å². The number of ether oxygens (including phenoxy) is 1. The van der Waals surface area contributed by atoms with Gasteiger partial charge < -0.3 is 25.2 Å². The minimum Gasteiger partial charge on any atom is -0.385 e. The molecule has 2 saturated heterocycles. The van der Waals surface area contributed by atoms with E-state index in [4.69, 9.17) is 26.9 Å². The molecule has 8 heteroatoms. The molecule has 7 nitrogen and oxygen atoms in total. The van der Waals surface area contributed by atoms with E-state index in [1.807, 2.05) is 0 Å². The van der Waals surface area contributed by atoms with Gasteiger partial charge >= 0.3 is 0 Å². The van der Waals surface area contributed by atoms with Crippen LogP contribution in [0.25, 0.3) is 0 Å². The maximum atomic E-state index is 5.44. The monoisotopic (exact) mass is 406 g/mol. The molecule has 0 radical (unpaired) electrons. The minimum atomic E-state index is 0.504. The molecule has 0 amide bonds. The van der Waals surface area contributed by atoms with Crippen molar-refractivity contribution in [3.63, 3.8) is 0 Å². The highest BCUT2D eigenvalue weighted by Crippen LogP contribution is 2.28. The van der Waals surface area contributed by atoms with Gasteiger partial charge in [0, 0.05) is 52.0 Å². The van der Waals surface area contributed by atoms with Gasteiger partial charge in [0.15, 0.2) is 5.11 Å². The first-order chi connectivity index (χ1) is 13.7. The molecule has 0 bridgehead atoms. The number of methoxy groups -OCH3 is 1. The molecule has 0 unspecified atom stereocenters. The normalized spacial score (nSPS) is 20.1. The summed E-state index contributed by atoms with van der Waals surface area (Å²) in [7, 11) is 1.71. The number of hydrogen-bond acceptors (Lipinski definition) is 6. The van der Waals surface area contributed by atoms with Gasteiger partial charge in [0.25, 0.3) is 0 Å². The molecule has 2 fully saturated rings. The molecule has 2 N–H and O–H groups in total. The van der Waals surface area contributed by atoms with Crippen LogP contribution in [0.5, 0.6) is 0 Å². The Morgan fingerprint density at radius 2 is 1.89 bits per heavy atom. The molecule has 0 saturated carbocycles. The lowest BCUT2D eigenvalue weighted by Crippen LogP contribution is -2.39. The van der Waals surface area contributed by atoms with Crippen LogP contribution in [0.1, 0.15) is 51.9 Å². The van der Waals surface area contributed by atoms with E-state index in [0.717, 1.165) is 44.2 Å². The molecule has 28 heavy (non-hydrogen) atoms. The van der Waals surface area contributed by atoms with Gasteiger partial charge in [-0.05, 0) is 64.1 Å². The van der Waals surface area contributed by atoms with E-state index in [9.17, 15) is 0 Å². The van der Waals surface area contributed by atoms with Crippen LogP contribution in [0.15, 0.2) is 6.07 Å². The molecule has 0 aromatic carbocycles. The van der Waals surface area contributed by atoms with Crippen molar-refractivity contribution in [1.82, 2.24) is 15.3 Å². The predicted octanol–water partition coefficient (Wildman–Crippen LogP) is 3.17. The lowest BCUT2D eigenvalue weighted by Gasteiger charge is -2.35. The number of hydrogen-bond donors (Lipinski definition) is 2. The second-order valence-corrected chi connectivity index (χ2v) is 8.13. The summed E-state index contributed by atoms with van der Waals surface area (Å²) in [6.07, 6.45) is 8.38. The second-order valence-electron chi connectivity index (χ2n) is 7.72. The summed E-state index contributed by atoms with van der Waals surface area (Å²) in [5, 5.41) is 6.96. The van der Waals surface area contributed by atoms with Gasteiger partial charge in [0.2, 0.25) is 5.95 Å². The lowest BCUT2D eigenvalue weighted by atomic mass is 10.0. The van der Waals surface area contributed by atoms with Gasteiger partial charge in [-0.2, -0.15) is 9.97 Å². The summed E-state index contributed by atoms with van der Waals surface area (Å²) < 4.78 is 5.08. The molecule has 3 heterocycles. The lowest BCUT2D eigenvalue weighted by molar-refractivity contribution is 0.196. The average molecular weight is 407 g/mol. The van der Waals surface area contributed by atoms with Crippen LogP contribution in [0.2, 0.25) is 0 Å². The Labute approximate surface area is 174 Å². The number of aromatic nitrogens is 2. The first-order valence-electron chi connectivity index (χ1n) is 10.6. The number of thiocarbonyl (C=S) groups is 1. The van der Waals surface area contributed by atoms with E-state index in [2.05, 4.69) is 33.4 Å². The summed E-state index contributed by atoms with van der Waals surface area (Å²) in [5.74, 6) is 2.60. The Balaban J connectivity index is 1.75. The molecule has 156 valence electrons. The SMILES string of the molecule is COCCCNC(=S)Nc1nc(N2CCCCC2)cc(N2CCCC[C@@H]2C)n1. The molecule has 2 aliphatic rings. The maximum absolute atomic E-state index is 5.44. The van der Waals surface area contributed by atoms with E-state index < -0.39 is 0 Å². The zero-order chi connectivity index (χ0) is 19.8. The Morgan fingerprint density at radius 3 is 2.64 bits per heavy atom. The zero-order valence-corrected chi connectivity index (χ0v) is 18.1. The molecule has 2 aliphatic heterocycles. The van der Waals surface area contributed by atoms with Gasteiger partial charge in [0.1, 0.15) is 11.6 Å². The van der Waals surface area contributed by atoms with Crippen LogP contribution >= 0.6 is 12.2 Å². The van der Waals surface area contributed by atoms with Gasteiger partial charge in [-0.25, -0.2) is 0 Å². The van der Waals surface area contributed by atoms with E-state index in [1.165, 1.54) is 38.5 Å². The molecule has 3 rings (SSSR count). The summed E-state index contributed by atoms with van der Waals surface area (Å²) >= 11 is 5.44. The fraction of sp³-hybridized carbons (Fsp3) is 0.750. The maximum Gasteiger partial charge on any atom is 0.232 e.